The van der Waals surface area contributed by atoms with Gasteiger partial charge in [0.05, 0.1) is 0 Å². The van der Waals surface area contributed by atoms with Gasteiger partial charge in [-0.25, -0.2) is 4.98 Å². The molecule has 0 saturated carbocycles. The third-order valence-electron chi connectivity index (χ3n) is 0.726. The van der Waals surface area contributed by atoms with E-state index in [0.29, 0.717) is 5.82 Å². The number of rotatable bonds is 0. The Bertz CT molecular complexity index is 144. The highest BCUT2D eigenvalue weighted by atomic mass is 35.5. The molecule has 1 heterocycles. The van der Waals surface area contributed by atoms with E-state index in [0.717, 1.165) is 5.82 Å². The molecule has 1 aromatic rings. The molecule has 0 atom stereocenters. The molecular weight excluding hydrogens is 126 g/mol. The standard InChI is InChI=1S/C4H7N3.ClH/c1-3-6-2-4(5)7-3;/h2H,5H2,1H3,(H,6,7);1H. The summed E-state index contributed by atoms with van der Waals surface area (Å²) < 4.78 is 0. The summed E-state index contributed by atoms with van der Waals surface area (Å²) >= 11 is 0. The Morgan fingerprint density at radius 3 is 2.50 bits per heavy atom. The lowest BCUT2D eigenvalue weighted by Gasteiger charge is -1.72. The van der Waals surface area contributed by atoms with E-state index in [-0.39, 0.29) is 12.4 Å². The molecule has 1 aromatic heterocycles. The molecule has 0 fully saturated rings. The van der Waals surface area contributed by atoms with Gasteiger partial charge in [0.1, 0.15) is 11.6 Å². The maximum Gasteiger partial charge on any atom is 0.141 e. The molecule has 0 spiro atoms. The number of nitrogens with two attached hydrogens (primary N) is 1. The van der Waals surface area contributed by atoms with Gasteiger partial charge in [0.2, 0.25) is 0 Å². The van der Waals surface area contributed by atoms with E-state index >= 15 is 0 Å². The van der Waals surface area contributed by atoms with E-state index in [1.54, 1.807) is 6.20 Å². The first-order valence-corrected chi connectivity index (χ1v) is 2.06. The van der Waals surface area contributed by atoms with Gasteiger partial charge in [-0.3, -0.25) is 0 Å². The van der Waals surface area contributed by atoms with Crippen molar-refractivity contribution in [1.82, 2.24) is 9.97 Å². The summed E-state index contributed by atoms with van der Waals surface area (Å²) in [7, 11) is 0. The van der Waals surface area contributed by atoms with Gasteiger partial charge >= 0.3 is 0 Å². The van der Waals surface area contributed by atoms with Crippen LogP contribution in [-0.2, 0) is 0 Å². The zero-order chi connectivity index (χ0) is 5.28. The Kier molecular flexibility index (Phi) is 2.34. The number of aromatic amines is 1. The fourth-order valence-corrected chi connectivity index (χ4v) is 0.437. The topological polar surface area (TPSA) is 54.7 Å². The number of nitrogen functional groups attached to an aromatic ring is 1. The minimum atomic E-state index is 0. The van der Waals surface area contributed by atoms with E-state index in [1.165, 1.54) is 0 Å². The Morgan fingerprint density at radius 2 is 2.38 bits per heavy atom. The predicted octanol–water partition coefficient (Wildman–Crippen LogP) is 0.722. The molecule has 0 aliphatic rings. The molecule has 0 bridgehead atoms. The van der Waals surface area contributed by atoms with Crippen LogP contribution in [0.2, 0.25) is 0 Å². The average molecular weight is 134 g/mol. The Labute approximate surface area is 53.7 Å². The van der Waals surface area contributed by atoms with Crippen LogP contribution in [0.15, 0.2) is 6.20 Å². The van der Waals surface area contributed by atoms with Crippen molar-refractivity contribution in [3.05, 3.63) is 12.0 Å². The number of hydrogen-bond donors (Lipinski definition) is 2. The molecule has 0 aliphatic carbocycles. The maximum absolute atomic E-state index is 5.24. The van der Waals surface area contributed by atoms with Crippen molar-refractivity contribution < 1.29 is 0 Å². The number of nitrogens with one attached hydrogen (secondary N) is 1. The number of H-pyrrole nitrogens is 1. The second-order valence-electron chi connectivity index (χ2n) is 1.41. The number of hydrogen-bond acceptors (Lipinski definition) is 2. The molecule has 8 heavy (non-hydrogen) atoms. The number of imidazole rings is 1. The number of aromatic nitrogens is 2. The van der Waals surface area contributed by atoms with Crippen LogP contribution in [0.3, 0.4) is 0 Å². The first-order valence-electron chi connectivity index (χ1n) is 2.06. The monoisotopic (exact) mass is 133 g/mol. The van der Waals surface area contributed by atoms with Crippen molar-refractivity contribution in [2.75, 3.05) is 5.73 Å². The van der Waals surface area contributed by atoms with Crippen molar-refractivity contribution in [2.24, 2.45) is 0 Å². The molecule has 1 rings (SSSR count). The fourth-order valence-electron chi connectivity index (χ4n) is 0.437. The van der Waals surface area contributed by atoms with Gasteiger partial charge in [-0.15, -0.1) is 12.4 Å². The van der Waals surface area contributed by atoms with Gasteiger partial charge in [-0.2, -0.15) is 0 Å². The van der Waals surface area contributed by atoms with Gasteiger partial charge in [-0.1, -0.05) is 0 Å². The lowest BCUT2D eigenvalue weighted by molar-refractivity contribution is 1.15. The highest BCUT2D eigenvalue weighted by Crippen LogP contribution is 1.92. The van der Waals surface area contributed by atoms with Gasteiger partial charge in [0.15, 0.2) is 0 Å². The minimum absolute atomic E-state index is 0. The Morgan fingerprint density at radius 1 is 1.75 bits per heavy atom. The third kappa shape index (κ3) is 1.42. The SMILES string of the molecule is Cc1nc(N)c[nH]1.Cl. The minimum Gasteiger partial charge on any atom is -0.382 e. The Hall–Kier alpha value is -0.700. The summed E-state index contributed by atoms with van der Waals surface area (Å²) in [5, 5.41) is 0. The van der Waals surface area contributed by atoms with E-state index in [4.69, 9.17) is 5.73 Å². The summed E-state index contributed by atoms with van der Waals surface area (Å²) in [5.41, 5.74) is 5.24. The molecule has 4 heteroatoms. The smallest absolute Gasteiger partial charge is 0.141 e. The number of aryl methyl sites for hydroxylation is 1. The van der Waals surface area contributed by atoms with Gasteiger partial charge in [-0.05, 0) is 6.92 Å². The molecule has 0 amide bonds. The molecule has 3 N–H and O–H groups in total. The molecule has 0 saturated heterocycles. The second kappa shape index (κ2) is 2.57. The van der Waals surface area contributed by atoms with Gasteiger partial charge in [0, 0.05) is 6.20 Å². The molecule has 46 valence electrons. The van der Waals surface area contributed by atoms with Crippen LogP contribution in [0, 0.1) is 6.92 Å². The largest absolute Gasteiger partial charge is 0.382 e. The maximum atomic E-state index is 5.24. The van der Waals surface area contributed by atoms with Crippen molar-refractivity contribution in [2.45, 2.75) is 6.92 Å². The van der Waals surface area contributed by atoms with Crippen LogP contribution in [-0.4, -0.2) is 9.97 Å². The molecule has 0 unspecified atom stereocenters. The second-order valence-corrected chi connectivity index (χ2v) is 1.41. The van der Waals surface area contributed by atoms with E-state index in [2.05, 4.69) is 9.97 Å². The Balaban J connectivity index is 0.000000490. The van der Waals surface area contributed by atoms with Crippen molar-refractivity contribution in [1.29, 1.82) is 0 Å². The third-order valence-corrected chi connectivity index (χ3v) is 0.726. The first-order chi connectivity index (χ1) is 3.29. The summed E-state index contributed by atoms with van der Waals surface area (Å²) in [6.07, 6.45) is 1.66. The summed E-state index contributed by atoms with van der Waals surface area (Å²) in [6.45, 7) is 1.86. The predicted molar refractivity (Wildman–Crippen MR) is 35.0 cm³/mol. The number of nitrogens with zero attached hydrogens (tertiary/aromatic N) is 1. The van der Waals surface area contributed by atoms with Gasteiger partial charge < -0.3 is 10.7 Å². The summed E-state index contributed by atoms with van der Waals surface area (Å²) in [5.74, 6) is 1.41. The van der Waals surface area contributed by atoms with Crippen molar-refractivity contribution >= 4 is 18.2 Å². The molecule has 0 aromatic carbocycles. The lowest BCUT2D eigenvalue weighted by Crippen LogP contribution is -1.81. The molecule has 0 aliphatic heterocycles. The number of halogens is 1. The zero-order valence-electron chi connectivity index (χ0n) is 4.51. The van der Waals surface area contributed by atoms with Crippen LogP contribution in [0.25, 0.3) is 0 Å². The summed E-state index contributed by atoms with van der Waals surface area (Å²) in [4.78, 5) is 6.67. The van der Waals surface area contributed by atoms with E-state index < -0.39 is 0 Å². The van der Waals surface area contributed by atoms with Crippen LogP contribution >= 0.6 is 12.4 Å². The van der Waals surface area contributed by atoms with Crippen LogP contribution in [0.4, 0.5) is 5.82 Å². The zero-order valence-corrected chi connectivity index (χ0v) is 5.33. The quantitative estimate of drug-likeness (QED) is 0.548. The van der Waals surface area contributed by atoms with Crippen molar-refractivity contribution in [3.8, 4) is 0 Å². The molecule has 0 radical (unpaired) electrons. The lowest BCUT2D eigenvalue weighted by atomic mass is 10.8. The van der Waals surface area contributed by atoms with Crippen molar-refractivity contribution in [3.63, 3.8) is 0 Å². The fraction of sp³-hybridized carbons (Fsp3) is 0.250. The van der Waals surface area contributed by atoms with E-state index in [1.807, 2.05) is 6.92 Å². The highest BCUT2D eigenvalue weighted by Gasteiger charge is 1.84. The number of anilines is 1. The highest BCUT2D eigenvalue weighted by molar-refractivity contribution is 5.85. The van der Waals surface area contributed by atoms with Gasteiger partial charge in [0.25, 0.3) is 0 Å². The van der Waals surface area contributed by atoms with E-state index in [9.17, 15) is 0 Å². The van der Waals surface area contributed by atoms with Crippen LogP contribution < -0.4 is 5.73 Å². The normalized spacial score (nSPS) is 8.12. The molecule has 3 nitrogen and oxygen atoms in total. The van der Waals surface area contributed by atoms with Crippen LogP contribution in [0.1, 0.15) is 5.82 Å². The average Bonchev–Trinajstić information content (AvgIpc) is 1.87. The molecular formula is C4H8ClN3. The van der Waals surface area contributed by atoms with Crippen LogP contribution in [0.5, 0.6) is 0 Å². The first kappa shape index (κ1) is 7.30. The summed E-state index contributed by atoms with van der Waals surface area (Å²) in [6, 6.07) is 0.